The van der Waals surface area contributed by atoms with Gasteiger partial charge in [0.2, 0.25) is 0 Å². The summed E-state index contributed by atoms with van der Waals surface area (Å²) in [6.45, 7) is 2.45. The van der Waals surface area contributed by atoms with Crippen molar-refractivity contribution in [2.75, 3.05) is 6.54 Å². The topological polar surface area (TPSA) is 83.4 Å². The summed E-state index contributed by atoms with van der Waals surface area (Å²) in [6.07, 6.45) is 4.84. The second-order valence-corrected chi connectivity index (χ2v) is 5.27. The zero-order valence-electron chi connectivity index (χ0n) is 11.1. The highest BCUT2D eigenvalue weighted by atomic mass is 35.5. The second-order valence-electron chi connectivity index (χ2n) is 4.88. The van der Waals surface area contributed by atoms with E-state index < -0.39 is 17.9 Å². The number of hydrogen-bond acceptors (Lipinski definition) is 4. The summed E-state index contributed by atoms with van der Waals surface area (Å²) >= 11 is 5.71. The minimum absolute atomic E-state index is 0.0821. The number of carbonyl (C=O) groups excluding carboxylic acids is 1. The molecule has 0 radical (unpaired) electrons. The monoisotopic (exact) mass is 297 g/mol. The maximum Gasteiger partial charge on any atom is 0.326 e. The fourth-order valence-electron chi connectivity index (χ4n) is 2.48. The van der Waals surface area contributed by atoms with Gasteiger partial charge in [-0.05, 0) is 18.8 Å². The van der Waals surface area contributed by atoms with Crippen LogP contribution in [0.25, 0.3) is 0 Å². The summed E-state index contributed by atoms with van der Waals surface area (Å²) in [5.74, 6) is -1.07. The average molecular weight is 298 g/mol. The molecule has 1 N–H and O–H groups in total. The third-order valence-electron chi connectivity index (χ3n) is 3.66. The van der Waals surface area contributed by atoms with Gasteiger partial charge >= 0.3 is 5.97 Å². The Morgan fingerprint density at radius 3 is 2.85 bits per heavy atom. The van der Waals surface area contributed by atoms with Crippen LogP contribution in [0.5, 0.6) is 0 Å². The molecule has 0 aliphatic carbocycles. The largest absolute Gasteiger partial charge is 0.480 e. The molecule has 2 rings (SSSR count). The van der Waals surface area contributed by atoms with Gasteiger partial charge in [-0.1, -0.05) is 24.9 Å². The van der Waals surface area contributed by atoms with Crippen LogP contribution in [0.3, 0.4) is 0 Å². The smallest absolute Gasteiger partial charge is 0.326 e. The predicted molar refractivity (Wildman–Crippen MR) is 72.5 cm³/mol. The number of carboxylic acid groups (broad SMARTS) is 1. The van der Waals surface area contributed by atoms with Crippen molar-refractivity contribution in [3.63, 3.8) is 0 Å². The molecule has 1 aromatic heterocycles. The number of amides is 1. The van der Waals surface area contributed by atoms with E-state index in [1.165, 1.54) is 17.3 Å². The molecule has 0 aromatic carbocycles. The summed E-state index contributed by atoms with van der Waals surface area (Å²) in [7, 11) is 0. The number of aromatic nitrogens is 2. The molecule has 20 heavy (non-hydrogen) atoms. The molecule has 1 aliphatic rings. The molecule has 2 atom stereocenters. The summed E-state index contributed by atoms with van der Waals surface area (Å²) in [5.41, 5.74) is 0.0821. The number of aliphatic carboxylic acids is 1. The quantitative estimate of drug-likeness (QED) is 0.920. The molecular formula is C13H16ClN3O3. The van der Waals surface area contributed by atoms with Crippen LogP contribution in [0.15, 0.2) is 12.4 Å². The van der Waals surface area contributed by atoms with E-state index >= 15 is 0 Å². The summed E-state index contributed by atoms with van der Waals surface area (Å²) < 4.78 is 0. The maximum atomic E-state index is 12.4. The van der Waals surface area contributed by atoms with Gasteiger partial charge in [-0.15, -0.1) is 0 Å². The minimum atomic E-state index is -0.980. The zero-order valence-corrected chi connectivity index (χ0v) is 11.9. The molecule has 1 amide bonds. The van der Waals surface area contributed by atoms with Gasteiger partial charge in [0, 0.05) is 6.54 Å². The molecule has 1 aliphatic heterocycles. The first-order valence-electron chi connectivity index (χ1n) is 6.54. The van der Waals surface area contributed by atoms with Gasteiger partial charge in [0.15, 0.2) is 0 Å². The Hall–Kier alpha value is -1.69. The fourth-order valence-corrected chi connectivity index (χ4v) is 2.63. The molecule has 1 aromatic rings. The lowest BCUT2D eigenvalue weighted by molar-refractivity contribution is -0.144. The Labute approximate surface area is 121 Å². The lowest BCUT2D eigenvalue weighted by Gasteiger charge is -2.36. The number of carboxylic acids is 1. The Kier molecular flexibility index (Phi) is 4.54. The maximum absolute atomic E-state index is 12.4. The third-order valence-corrected chi connectivity index (χ3v) is 3.84. The average Bonchev–Trinajstić information content (AvgIpc) is 2.45. The van der Waals surface area contributed by atoms with Crippen molar-refractivity contribution in [3.05, 3.63) is 23.2 Å². The number of nitrogens with zero attached hydrogens (tertiary/aromatic N) is 3. The van der Waals surface area contributed by atoms with Gasteiger partial charge in [0.25, 0.3) is 5.91 Å². The Balaban J connectivity index is 2.21. The molecule has 1 saturated heterocycles. The van der Waals surface area contributed by atoms with E-state index in [1.54, 1.807) is 0 Å². The first-order valence-corrected chi connectivity index (χ1v) is 6.92. The van der Waals surface area contributed by atoms with Gasteiger partial charge in [0.1, 0.15) is 16.9 Å². The van der Waals surface area contributed by atoms with Gasteiger partial charge in [-0.25, -0.2) is 9.78 Å². The Morgan fingerprint density at radius 1 is 1.50 bits per heavy atom. The number of likely N-dealkylation sites (tertiary alicyclic amines) is 1. The number of piperidine rings is 1. The molecule has 2 heterocycles. The normalized spacial score (nSPS) is 22.6. The van der Waals surface area contributed by atoms with Gasteiger partial charge in [0.05, 0.1) is 12.4 Å². The number of rotatable bonds is 3. The molecule has 0 saturated carbocycles. The first kappa shape index (κ1) is 14.7. The van der Waals surface area contributed by atoms with Crippen LogP contribution in [0.4, 0.5) is 0 Å². The van der Waals surface area contributed by atoms with Crippen LogP contribution >= 0.6 is 11.6 Å². The van der Waals surface area contributed by atoms with Gasteiger partial charge in [-0.2, -0.15) is 0 Å². The van der Waals surface area contributed by atoms with Crippen LogP contribution in [0, 0.1) is 5.92 Å². The Bertz CT molecular complexity index is 523. The fraction of sp³-hybridized carbons (Fsp3) is 0.538. The van der Waals surface area contributed by atoms with Crippen LogP contribution in [-0.2, 0) is 4.79 Å². The van der Waals surface area contributed by atoms with Crippen molar-refractivity contribution < 1.29 is 14.7 Å². The standard InChI is InChI=1S/C13H16ClN3O3/c1-2-8-3-4-17(10(5-8)13(19)20)12(18)9-6-15-7-11(14)16-9/h6-8,10H,2-5H2,1H3,(H,19,20). The van der Waals surface area contributed by atoms with Gasteiger partial charge < -0.3 is 10.0 Å². The van der Waals surface area contributed by atoms with Gasteiger partial charge in [-0.3, -0.25) is 9.78 Å². The number of carbonyl (C=O) groups is 2. The van der Waals surface area contributed by atoms with E-state index in [0.29, 0.717) is 18.9 Å². The summed E-state index contributed by atoms with van der Waals surface area (Å²) in [6, 6.07) is -0.804. The van der Waals surface area contributed by atoms with Crippen LogP contribution < -0.4 is 0 Å². The van der Waals surface area contributed by atoms with E-state index in [9.17, 15) is 14.7 Å². The highest BCUT2D eigenvalue weighted by Crippen LogP contribution is 2.26. The molecule has 7 heteroatoms. The summed E-state index contributed by atoms with van der Waals surface area (Å²) in [4.78, 5) is 32.8. The molecule has 2 unspecified atom stereocenters. The van der Waals surface area contributed by atoms with Crippen molar-refractivity contribution in [2.45, 2.75) is 32.2 Å². The van der Waals surface area contributed by atoms with E-state index in [4.69, 9.17) is 11.6 Å². The second kappa shape index (κ2) is 6.17. The van der Waals surface area contributed by atoms with E-state index in [2.05, 4.69) is 9.97 Å². The van der Waals surface area contributed by atoms with Crippen molar-refractivity contribution in [1.29, 1.82) is 0 Å². The van der Waals surface area contributed by atoms with Crippen LogP contribution in [-0.4, -0.2) is 44.4 Å². The van der Waals surface area contributed by atoms with Crippen molar-refractivity contribution >= 4 is 23.5 Å². The SMILES string of the molecule is CCC1CCN(C(=O)c2cncc(Cl)n2)C(C(=O)O)C1. The highest BCUT2D eigenvalue weighted by molar-refractivity contribution is 6.29. The number of hydrogen-bond donors (Lipinski definition) is 1. The molecule has 6 nitrogen and oxygen atoms in total. The van der Waals surface area contributed by atoms with E-state index in [-0.39, 0.29) is 10.8 Å². The van der Waals surface area contributed by atoms with Crippen molar-refractivity contribution in [2.24, 2.45) is 5.92 Å². The summed E-state index contributed by atoms with van der Waals surface area (Å²) in [5, 5.41) is 9.43. The predicted octanol–water partition coefficient (Wildman–Crippen LogP) is 1.85. The minimum Gasteiger partial charge on any atom is -0.480 e. The van der Waals surface area contributed by atoms with Crippen LogP contribution in [0.2, 0.25) is 5.15 Å². The van der Waals surface area contributed by atoms with E-state index in [0.717, 1.165) is 12.8 Å². The van der Waals surface area contributed by atoms with E-state index in [1.807, 2.05) is 6.92 Å². The number of halogens is 1. The van der Waals surface area contributed by atoms with Crippen molar-refractivity contribution in [3.8, 4) is 0 Å². The Morgan fingerprint density at radius 2 is 2.25 bits per heavy atom. The highest BCUT2D eigenvalue weighted by Gasteiger charge is 2.36. The first-order chi connectivity index (χ1) is 9.52. The molecule has 1 fully saturated rings. The van der Waals surface area contributed by atoms with Crippen LogP contribution in [0.1, 0.15) is 36.7 Å². The zero-order chi connectivity index (χ0) is 14.7. The molecule has 0 bridgehead atoms. The lowest BCUT2D eigenvalue weighted by atomic mass is 9.88. The van der Waals surface area contributed by atoms with Crippen molar-refractivity contribution in [1.82, 2.24) is 14.9 Å². The lowest BCUT2D eigenvalue weighted by Crippen LogP contribution is -2.50. The third kappa shape index (κ3) is 3.07. The molecular weight excluding hydrogens is 282 g/mol. The molecule has 108 valence electrons. The molecule has 0 spiro atoms.